The van der Waals surface area contributed by atoms with Gasteiger partial charge in [-0.2, -0.15) is 0 Å². The number of amides is 1. The van der Waals surface area contributed by atoms with Crippen LogP contribution in [0.25, 0.3) is 10.9 Å². The lowest BCUT2D eigenvalue weighted by atomic mass is 10.1. The number of rotatable bonds is 6. The number of hydrogen-bond donors (Lipinski definition) is 1. The van der Waals surface area contributed by atoms with Crippen LogP contribution in [0.5, 0.6) is 11.5 Å². The van der Waals surface area contributed by atoms with Gasteiger partial charge in [-0.15, -0.1) is 0 Å². The molecule has 3 aromatic rings. The normalized spacial score (nSPS) is 15.9. The number of ether oxygens (including phenoxy) is 3. The summed E-state index contributed by atoms with van der Waals surface area (Å²) in [5, 5.41) is 0.833. The van der Waals surface area contributed by atoms with Crippen LogP contribution in [0.3, 0.4) is 0 Å². The second-order valence-electron chi connectivity index (χ2n) is 7.20. The van der Waals surface area contributed by atoms with Gasteiger partial charge in [0.1, 0.15) is 17.6 Å². The molecule has 1 unspecified atom stereocenters. The number of methoxy groups -OCH3 is 2. The Morgan fingerprint density at radius 2 is 1.93 bits per heavy atom. The van der Waals surface area contributed by atoms with Gasteiger partial charge < -0.3 is 24.1 Å². The van der Waals surface area contributed by atoms with Crippen molar-refractivity contribution in [2.24, 2.45) is 0 Å². The maximum Gasteiger partial charge on any atom is 0.256 e. The van der Waals surface area contributed by atoms with E-state index >= 15 is 0 Å². The van der Waals surface area contributed by atoms with Crippen molar-refractivity contribution in [3.05, 3.63) is 64.4 Å². The quantitative estimate of drug-likeness (QED) is 0.677. The molecule has 1 aliphatic heterocycles. The molecule has 1 amide bonds. The standard InChI is InChI=1S/C23H24N2O5/c1-28-18-6-3-5-17(13-18)25(23(27)21-7-4-10-30-21)14-16-11-15-12-19(29-2)8-9-20(15)24-22(16)26/h3,5-6,8-9,11-13,21H,4,7,10,14H2,1-2H3,(H,24,26). The predicted octanol–water partition coefficient (Wildman–Crippen LogP) is 3.26. The summed E-state index contributed by atoms with van der Waals surface area (Å²) in [7, 11) is 3.17. The third kappa shape index (κ3) is 4.02. The zero-order valence-electron chi connectivity index (χ0n) is 17.0. The Labute approximate surface area is 174 Å². The van der Waals surface area contributed by atoms with E-state index in [9.17, 15) is 9.59 Å². The highest BCUT2D eigenvalue weighted by molar-refractivity contribution is 5.97. The van der Waals surface area contributed by atoms with Crippen molar-refractivity contribution in [3.63, 3.8) is 0 Å². The Hall–Kier alpha value is -3.32. The topological polar surface area (TPSA) is 80.9 Å². The average molecular weight is 408 g/mol. The fourth-order valence-corrected chi connectivity index (χ4v) is 3.67. The fraction of sp³-hybridized carbons (Fsp3) is 0.304. The molecule has 7 heteroatoms. The number of carbonyl (C=O) groups excluding carboxylic acids is 1. The summed E-state index contributed by atoms with van der Waals surface area (Å²) in [6, 6.07) is 14.5. The Kier molecular flexibility index (Phi) is 5.72. The monoisotopic (exact) mass is 408 g/mol. The molecule has 1 N–H and O–H groups in total. The first kappa shape index (κ1) is 20.0. The largest absolute Gasteiger partial charge is 0.497 e. The van der Waals surface area contributed by atoms with Crippen LogP contribution in [-0.2, 0) is 16.1 Å². The summed E-state index contributed by atoms with van der Waals surface area (Å²) >= 11 is 0. The summed E-state index contributed by atoms with van der Waals surface area (Å²) in [6.07, 6.45) is 1.01. The van der Waals surface area contributed by atoms with Gasteiger partial charge in [-0.3, -0.25) is 9.59 Å². The van der Waals surface area contributed by atoms with Gasteiger partial charge in [-0.05, 0) is 49.2 Å². The molecule has 0 bridgehead atoms. The molecule has 7 nitrogen and oxygen atoms in total. The van der Waals surface area contributed by atoms with Crippen LogP contribution in [0.1, 0.15) is 18.4 Å². The van der Waals surface area contributed by atoms with Gasteiger partial charge >= 0.3 is 0 Å². The molecular weight excluding hydrogens is 384 g/mol. The number of aromatic nitrogens is 1. The number of pyridine rings is 1. The van der Waals surface area contributed by atoms with Gasteiger partial charge in [-0.1, -0.05) is 6.07 Å². The number of anilines is 1. The van der Waals surface area contributed by atoms with E-state index in [1.165, 1.54) is 0 Å². The second-order valence-corrected chi connectivity index (χ2v) is 7.20. The first-order valence-electron chi connectivity index (χ1n) is 9.86. The Bertz CT molecular complexity index is 1120. The molecule has 2 aromatic carbocycles. The first-order chi connectivity index (χ1) is 14.6. The molecule has 1 aromatic heterocycles. The molecule has 156 valence electrons. The minimum absolute atomic E-state index is 0.119. The molecule has 1 saturated heterocycles. The van der Waals surface area contributed by atoms with Gasteiger partial charge in [0.15, 0.2) is 0 Å². The Morgan fingerprint density at radius 3 is 2.67 bits per heavy atom. The second kappa shape index (κ2) is 8.59. The molecule has 0 spiro atoms. The van der Waals surface area contributed by atoms with Crippen LogP contribution in [0.4, 0.5) is 5.69 Å². The minimum atomic E-state index is -0.504. The van der Waals surface area contributed by atoms with E-state index in [1.807, 2.05) is 24.3 Å². The summed E-state index contributed by atoms with van der Waals surface area (Å²) < 4.78 is 16.2. The van der Waals surface area contributed by atoms with Crippen LogP contribution >= 0.6 is 0 Å². The van der Waals surface area contributed by atoms with Crippen molar-refractivity contribution in [1.82, 2.24) is 4.98 Å². The Balaban J connectivity index is 1.74. The zero-order chi connectivity index (χ0) is 21.1. The predicted molar refractivity (Wildman–Crippen MR) is 114 cm³/mol. The van der Waals surface area contributed by atoms with Crippen LogP contribution in [-0.4, -0.2) is 37.8 Å². The van der Waals surface area contributed by atoms with Gasteiger partial charge in [-0.25, -0.2) is 0 Å². The molecule has 1 fully saturated rings. The van der Waals surface area contributed by atoms with Crippen molar-refractivity contribution in [3.8, 4) is 11.5 Å². The van der Waals surface area contributed by atoms with Crippen LogP contribution in [0, 0.1) is 0 Å². The maximum absolute atomic E-state index is 13.3. The molecule has 4 rings (SSSR count). The van der Waals surface area contributed by atoms with Gasteiger partial charge in [0.25, 0.3) is 11.5 Å². The zero-order valence-corrected chi connectivity index (χ0v) is 17.0. The van der Waals surface area contributed by atoms with E-state index in [2.05, 4.69) is 4.98 Å². The van der Waals surface area contributed by atoms with E-state index in [-0.39, 0.29) is 18.0 Å². The van der Waals surface area contributed by atoms with Crippen LogP contribution < -0.4 is 19.9 Å². The summed E-state index contributed by atoms with van der Waals surface area (Å²) in [4.78, 5) is 30.5. The minimum Gasteiger partial charge on any atom is -0.497 e. The van der Waals surface area contributed by atoms with Crippen molar-refractivity contribution in [1.29, 1.82) is 0 Å². The van der Waals surface area contributed by atoms with E-state index < -0.39 is 6.10 Å². The third-order valence-corrected chi connectivity index (χ3v) is 5.29. The lowest BCUT2D eigenvalue weighted by molar-refractivity contribution is -0.127. The van der Waals surface area contributed by atoms with E-state index in [0.717, 1.165) is 11.8 Å². The summed E-state index contributed by atoms with van der Waals surface area (Å²) in [6.45, 7) is 0.688. The van der Waals surface area contributed by atoms with Gasteiger partial charge in [0.2, 0.25) is 0 Å². The third-order valence-electron chi connectivity index (χ3n) is 5.29. The molecular formula is C23H24N2O5. The number of benzene rings is 2. The van der Waals surface area contributed by atoms with E-state index in [1.54, 1.807) is 43.4 Å². The number of nitrogens with one attached hydrogen (secondary N) is 1. The average Bonchev–Trinajstić information content (AvgIpc) is 3.32. The molecule has 2 heterocycles. The molecule has 1 atom stereocenters. The van der Waals surface area contributed by atoms with Crippen molar-refractivity contribution < 1.29 is 19.0 Å². The SMILES string of the molecule is COc1cccc(N(Cc2cc3cc(OC)ccc3[nH]c2=O)C(=O)C2CCCO2)c1. The molecule has 0 radical (unpaired) electrons. The highest BCUT2D eigenvalue weighted by Crippen LogP contribution is 2.26. The smallest absolute Gasteiger partial charge is 0.256 e. The maximum atomic E-state index is 13.3. The van der Waals surface area contributed by atoms with E-state index in [4.69, 9.17) is 14.2 Å². The van der Waals surface area contributed by atoms with Crippen molar-refractivity contribution >= 4 is 22.5 Å². The lowest BCUT2D eigenvalue weighted by Crippen LogP contribution is -2.39. The number of hydrogen-bond acceptors (Lipinski definition) is 5. The van der Waals surface area contributed by atoms with Crippen LogP contribution in [0.15, 0.2) is 53.3 Å². The molecule has 0 saturated carbocycles. The number of nitrogens with zero attached hydrogens (tertiary/aromatic N) is 1. The van der Waals surface area contributed by atoms with Gasteiger partial charge in [0.05, 0.1) is 20.8 Å². The first-order valence-corrected chi connectivity index (χ1v) is 9.86. The highest BCUT2D eigenvalue weighted by Gasteiger charge is 2.30. The highest BCUT2D eigenvalue weighted by atomic mass is 16.5. The molecule has 1 aliphatic rings. The summed E-state index contributed by atoms with van der Waals surface area (Å²) in [5.41, 5.74) is 1.61. The van der Waals surface area contributed by atoms with Gasteiger partial charge in [0, 0.05) is 34.8 Å². The number of fused-ring (bicyclic) bond motifs is 1. The summed E-state index contributed by atoms with van der Waals surface area (Å²) in [5.74, 6) is 1.17. The number of aromatic amines is 1. The van der Waals surface area contributed by atoms with Crippen LogP contribution in [0.2, 0.25) is 0 Å². The lowest BCUT2D eigenvalue weighted by Gasteiger charge is -2.25. The molecule has 30 heavy (non-hydrogen) atoms. The van der Waals surface area contributed by atoms with Crippen molar-refractivity contribution in [2.75, 3.05) is 25.7 Å². The molecule has 0 aliphatic carbocycles. The number of carbonyl (C=O) groups is 1. The fourth-order valence-electron chi connectivity index (χ4n) is 3.67. The Morgan fingerprint density at radius 1 is 1.13 bits per heavy atom. The number of H-pyrrole nitrogens is 1. The van der Waals surface area contributed by atoms with E-state index in [0.29, 0.717) is 41.3 Å². The van der Waals surface area contributed by atoms with Crippen molar-refractivity contribution in [2.45, 2.75) is 25.5 Å².